The van der Waals surface area contributed by atoms with Crippen LogP contribution in [0.2, 0.25) is 0 Å². The van der Waals surface area contributed by atoms with E-state index in [9.17, 15) is 9.59 Å². The minimum atomic E-state index is -0.601. The molecule has 2 amide bonds. The van der Waals surface area contributed by atoms with Crippen LogP contribution in [-0.2, 0) is 9.59 Å². The van der Waals surface area contributed by atoms with Crippen LogP contribution in [0.1, 0.15) is 51.4 Å². The van der Waals surface area contributed by atoms with Crippen molar-refractivity contribution in [3.05, 3.63) is 54.6 Å². The Morgan fingerprint density at radius 1 is 0.897 bits per heavy atom. The van der Waals surface area contributed by atoms with Crippen molar-refractivity contribution in [2.75, 3.05) is 5.32 Å². The molecule has 0 heterocycles. The molecule has 0 spiro atoms. The number of anilines is 1. The van der Waals surface area contributed by atoms with E-state index < -0.39 is 5.41 Å². The molecule has 2 aromatic rings. The fourth-order valence-corrected chi connectivity index (χ4v) is 4.02. The lowest BCUT2D eigenvalue weighted by atomic mass is 9.71. The van der Waals surface area contributed by atoms with Crippen molar-refractivity contribution >= 4 is 17.5 Å². The number of carbonyl (C=O) groups excluding carboxylic acids is 2. The summed E-state index contributed by atoms with van der Waals surface area (Å²) in [5, 5.41) is 6.08. The molecule has 0 aliphatic heterocycles. The SMILES string of the molecule is O=C(CC1(C(=O)Nc2ccc(Oc3ccccc3)cc2)CCCCC1)NC1CC1. The molecule has 0 bridgehead atoms. The smallest absolute Gasteiger partial charge is 0.231 e. The standard InChI is InChI=1S/C24H28N2O3/c27-22(25-18-9-10-18)17-24(15-5-2-6-16-24)23(28)26-19-11-13-21(14-12-19)29-20-7-3-1-4-8-20/h1,3-4,7-8,11-14,18H,2,5-6,9-10,15-17H2,(H,25,27)(H,26,28). The third-order valence-electron chi connectivity index (χ3n) is 5.82. The molecule has 152 valence electrons. The summed E-state index contributed by atoms with van der Waals surface area (Å²) < 4.78 is 5.80. The van der Waals surface area contributed by atoms with E-state index in [0.717, 1.165) is 56.4 Å². The monoisotopic (exact) mass is 392 g/mol. The minimum absolute atomic E-state index is 0.0103. The number of hydrogen-bond acceptors (Lipinski definition) is 3. The number of ether oxygens (including phenoxy) is 1. The Morgan fingerprint density at radius 2 is 1.55 bits per heavy atom. The topological polar surface area (TPSA) is 67.4 Å². The number of carbonyl (C=O) groups is 2. The second kappa shape index (κ2) is 8.68. The number of amides is 2. The zero-order valence-corrected chi connectivity index (χ0v) is 16.7. The quantitative estimate of drug-likeness (QED) is 0.694. The van der Waals surface area contributed by atoms with Gasteiger partial charge < -0.3 is 15.4 Å². The molecule has 29 heavy (non-hydrogen) atoms. The first-order valence-corrected chi connectivity index (χ1v) is 10.6. The Hall–Kier alpha value is -2.82. The van der Waals surface area contributed by atoms with Gasteiger partial charge in [-0.15, -0.1) is 0 Å². The zero-order valence-electron chi connectivity index (χ0n) is 16.7. The first kappa shape index (κ1) is 19.5. The van der Waals surface area contributed by atoms with E-state index in [4.69, 9.17) is 4.74 Å². The maximum absolute atomic E-state index is 13.2. The van der Waals surface area contributed by atoms with Gasteiger partial charge in [0.1, 0.15) is 11.5 Å². The average Bonchev–Trinajstić information content (AvgIpc) is 3.55. The summed E-state index contributed by atoms with van der Waals surface area (Å²) in [6.07, 6.45) is 7.06. The summed E-state index contributed by atoms with van der Waals surface area (Å²) in [7, 11) is 0. The number of rotatable bonds is 7. The van der Waals surface area contributed by atoms with Gasteiger partial charge in [0.25, 0.3) is 0 Å². The summed E-state index contributed by atoms with van der Waals surface area (Å²) in [5.74, 6) is 1.45. The summed E-state index contributed by atoms with van der Waals surface area (Å²) in [4.78, 5) is 25.6. The van der Waals surface area contributed by atoms with Gasteiger partial charge in [-0.05, 0) is 62.1 Å². The van der Waals surface area contributed by atoms with Crippen molar-refractivity contribution in [1.82, 2.24) is 5.32 Å². The molecule has 0 unspecified atom stereocenters. The van der Waals surface area contributed by atoms with E-state index in [-0.39, 0.29) is 18.2 Å². The highest BCUT2D eigenvalue weighted by Gasteiger charge is 2.42. The van der Waals surface area contributed by atoms with E-state index in [2.05, 4.69) is 10.6 Å². The van der Waals surface area contributed by atoms with Crippen LogP contribution in [0.15, 0.2) is 54.6 Å². The molecule has 0 saturated heterocycles. The van der Waals surface area contributed by atoms with E-state index in [1.807, 2.05) is 54.6 Å². The van der Waals surface area contributed by atoms with E-state index in [1.54, 1.807) is 0 Å². The largest absolute Gasteiger partial charge is 0.457 e. The van der Waals surface area contributed by atoms with Gasteiger partial charge in [-0.25, -0.2) is 0 Å². The molecule has 2 aromatic carbocycles. The molecular weight excluding hydrogens is 364 g/mol. The number of hydrogen-bond donors (Lipinski definition) is 2. The fraction of sp³-hybridized carbons (Fsp3) is 0.417. The normalized spacial score (nSPS) is 17.9. The first-order valence-electron chi connectivity index (χ1n) is 10.6. The van der Waals surface area contributed by atoms with Gasteiger partial charge in [-0.2, -0.15) is 0 Å². The van der Waals surface area contributed by atoms with Gasteiger partial charge in [0.2, 0.25) is 11.8 Å². The predicted molar refractivity (Wildman–Crippen MR) is 113 cm³/mol. The highest BCUT2D eigenvalue weighted by atomic mass is 16.5. The summed E-state index contributed by atoms with van der Waals surface area (Å²) >= 11 is 0. The van der Waals surface area contributed by atoms with Crippen LogP contribution in [0.3, 0.4) is 0 Å². The average molecular weight is 392 g/mol. The van der Waals surface area contributed by atoms with Crippen LogP contribution in [0, 0.1) is 5.41 Å². The molecule has 0 aromatic heterocycles. The molecule has 5 nitrogen and oxygen atoms in total. The Balaban J connectivity index is 1.40. The lowest BCUT2D eigenvalue weighted by Gasteiger charge is -2.35. The number of para-hydroxylation sites is 1. The number of benzene rings is 2. The lowest BCUT2D eigenvalue weighted by molar-refractivity contribution is -0.134. The van der Waals surface area contributed by atoms with Crippen molar-refractivity contribution in [3.8, 4) is 11.5 Å². The van der Waals surface area contributed by atoms with Crippen molar-refractivity contribution in [1.29, 1.82) is 0 Å². The molecule has 4 rings (SSSR count). The first-order chi connectivity index (χ1) is 14.1. The van der Waals surface area contributed by atoms with Crippen LogP contribution in [0.25, 0.3) is 0 Å². The van der Waals surface area contributed by atoms with Gasteiger partial charge in [-0.1, -0.05) is 37.5 Å². The maximum Gasteiger partial charge on any atom is 0.231 e. The van der Waals surface area contributed by atoms with E-state index in [1.165, 1.54) is 0 Å². The van der Waals surface area contributed by atoms with Crippen LogP contribution < -0.4 is 15.4 Å². The lowest BCUT2D eigenvalue weighted by Crippen LogP contribution is -2.42. The minimum Gasteiger partial charge on any atom is -0.457 e. The van der Waals surface area contributed by atoms with Crippen molar-refractivity contribution in [2.45, 2.75) is 57.4 Å². The fourth-order valence-electron chi connectivity index (χ4n) is 4.02. The Bertz CT molecular complexity index is 838. The Labute approximate surface area is 171 Å². The predicted octanol–water partition coefficient (Wildman–Crippen LogP) is 5.04. The molecule has 2 N–H and O–H groups in total. The molecule has 2 saturated carbocycles. The van der Waals surface area contributed by atoms with Crippen LogP contribution in [0.4, 0.5) is 5.69 Å². The molecule has 2 aliphatic carbocycles. The number of nitrogens with one attached hydrogen (secondary N) is 2. The molecule has 0 atom stereocenters. The van der Waals surface area contributed by atoms with Gasteiger partial charge in [0.15, 0.2) is 0 Å². The molecule has 2 aliphatic rings. The summed E-state index contributed by atoms with van der Waals surface area (Å²) in [5.41, 5.74) is 0.124. The van der Waals surface area contributed by atoms with E-state index in [0.29, 0.717) is 11.8 Å². The molecule has 5 heteroatoms. The molecule has 0 radical (unpaired) electrons. The third-order valence-corrected chi connectivity index (χ3v) is 5.82. The summed E-state index contributed by atoms with van der Waals surface area (Å²) in [6.45, 7) is 0. The van der Waals surface area contributed by atoms with Crippen molar-refractivity contribution in [2.24, 2.45) is 5.41 Å². The highest BCUT2D eigenvalue weighted by Crippen LogP contribution is 2.41. The van der Waals surface area contributed by atoms with Crippen LogP contribution in [-0.4, -0.2) is 17.9 Å². The van der Waals surface area contributed by atoms with Crippen molar-refractivity contribution in [3.63, 3.8) is 0 Å². The Morgan fingerprint density at radius 3 is 2.21 bits per heavy atom. The second-order valence-corrected chi connectivity index (χ2v) is 8.25. The third kappa shape index (κ3) is 5.17. The second-order valence-electron chi connectivity index (χ2n) is 8.25. The molecule has 2 fully saturated rings. The maximum atomic E-state index is 13.2. The highest BCUT2D eigenvalue weighted by molar-refractivity contribution is 5.98. The van der Waals surface area contributed by atoms with Gasteiger partial charge in [0, 0.05) is 18.2 Å². The molecular formula is C24H28N2O3. The zero-order chi connectivity index (χ0) is 20.1. The van der Waals surface area contributed by atoms with Gasteiger partial charge >= 0.3 is 0 Å². The van der Waals surface area contributed by atoms with Crippen molar-refractivity contribution < 1.29 is 14.3 Å². The van der Waals surface area contributed by atoms with Crippen LogP contribution >= 0.6 is 0 Å². The van der Waals surface area contributed by atoms with Gasteiger partial charge in [-0.3, -0.25) is 9.59 Å². The van der Waals surface area contributed by atoms with Crippen LogP contribution in [0.5, 0.6) is 11.5 Å². The van der Waals surface area contributed by atoms with E-state index >= 15 is 0 Å². The Kier molecular flexibility index (Phi) is 5.84. The summed E-state index contributed by atoms with van der Waals surface area (Å²) in [6, 6.07) is 17.3. The van der Waals surface area contributed by atoms with Gasteiger partial charge in [0.05, 0.1) is 5.41 Å².